The molecule has 0 aliphatic rings. The molecule has 14 heavy (non-hydrogen) atoms. The Morgan fingerprint density at radius 1 is 1.43 bits per heavy atom. The van der Waals surface area contributed by atoms with Gasteiger partial charge in [-0.05, 0) is 6.07 Å². The van der Waals surface area contributed by atoms with Crippen LogP contribution < -0.4 is 34.7 Å². The van der Waals surface area contributed by atoms with Gasteiger partial charge in [-0.25, -0.2) is 0 Å². The van der Waals surface area contributed by atoms with E-state index in [1.807, 2.05) is 0 Å². The first-order valence-corrected chi connectivity index (χ1v) is 3.64. The largest absolute Gasteiger partial charge is 1.00 e. The average Bonchev–Trinajstić information content (AvgIpc) is 2.06. The summed E-state index contributed by atoms with van der Waals surface area (Å²) in [5.74, 6) is -0.299. The minimum atomic E-state index is -0.630. The van der Waals surface area contributed by atoms with E-state index in [1.54, 1.807) is 6.92 Å². The van der Waals surface area contributed by atoms with Crippen molar-refractivity contribution in [2.45, 2.75) is 6.92 Å². The van der Waals surface area contributed by atoms with E-state index in [-0.39, 0.29) is 47.6 Å². The van der Waals surface area contributed by atoms with Crippen LogP contribution in [-0.2, 0) is 0 Å². The third-order valence-electron chi connectivity index (χ3n) is 1.08. The molecule has 0 aromatic heterocycles. The Morgan fingerprint density at radius 3 is 2.14 bits per heavy atom. The van der Waals surface area contributed by atoms with Gasteiger partial charge in [-0.2, -0.15) is 0 Å². The Hall–Kier alpha value is -0.620. The molecule has 0 spiro atoms. The molecule has 0 bridgehead atoms. The predicted molar refractivity (Wildman–Crippen MR) is 45.3 cm³/mol. The normalized spacial score (nSPS) is 7.86. The van der Waals surface area contributed by atoms with Gasteiger partial charge in [-0.3, -0.25) is 10.1 Å². The van der Waals surface area contributed by atoms with Crippen molar-refractivity contribution in [3.63, 3.8) is 0 Å². The molecule has 0 atom stereocenters. The molecule has 0 aliphatic carbocycles. The van der Waals surface area contributed by atoms with E-state index in [1.165, 1.54) is 24.3 Å². The van der Waals surface area contributed by atoms with E-state index >= 15 is 0 Å². The first-order valence-electron chi connectivity index (χ1n) is 3.64. The van der Waals surface area contributed by atoms with Gasteiger partial charge in [0.2, 0.25) is 0 Å². The first-order chi connectivity index (χ1) is 6.13. The maximum atomic E-state index is 10.1. The van der Waals surface area contributed by atoms with E-state index < -0.39 is 4.92 Å². The Labute approximate surface area is 104 Å². The van der Waals surface area contributed by atoms with Gasteiger partial charge in [0.25, 0.3) is 0 Å². The van der Waals surface area contributed by atoms with Crippen LogP contribution in [0, 0.1) is 10.1 Å². The molecule has 1 aromatic rings. The van der Waals surface area contributed by atoms with Crippen molar-refractivity contribution >= 4 is 5.69 Å². The smallest absolute Gasteiger partial charge is 0.855 e. The Balaban J connectivity index is 0. The molecule has 5 nitrogen and oxygen atoms in total. The van der Waals surface area contributed by atoms with Crippen molar-refractivity contribution in [3.05, 3.63) is 34.4 Å². The number of benzene rings is 1. The van der Waals surface area contributed by atoms with Crippen LogP contribution in [0.1, 0.15) is 6.92 Å². The summed E-state index contributed by atoms with van der Waals surface area (Å²) in [6, 6.07) is 5.55. The van der Waals surface area contributed by atoms with E-state index in [0.717, 1.165) is 0 Å². The first kappa shape index (κ1) is 15.8. The number of nitrogens with zero attached hydrogens (tertiary/aromatic N) is 1. The van der Waals surface area contributed by atoms with Crippen LogP contribution in [0.2, 0.25) is 0 Å². The van der Waals surface area contributed by atoms with Gasteiger partial charge in [0.05, 0.1) is 4.92 Å². The number of nitro benzene ring substituents is 1. The van der Waals surface area contributed by atoms with Crippen molar-refractivity contribution in [2.75, 3.05) is 6.61 Å². The van der Waals surface area contributed by atoms with Gasteiger partial charge >= 0.3 is 35.2 Å². The zero-order chi connectivity index (χ0) is 10.3. The van der Waals surface area contributed by atoms with Crippen LogP contribution in [-0.4, -0.2) is 16.6 Å². The molecule has 1 rings (SSSR count). The van der Waals surface area contributed by atoms with Gasteiger partial charge in [0.1, 0.15) is 0 Å². The third-order valence-corrected chi connectivity index (χ3v) is 1.08. The number of phenolic OH excluding ortho intramolecular Hbond substituents is 1. The van der Waals surface area contributed by atoms with Crippen molar-refractivity contribution in [3.8, 4) is 5.75 Å². The second-order valence-electron chi connectivity index (χ2n) is 2.03. The molecule has 6 heteroatoms. The summed E-state index contributed by atoms with van der Waals surface area (Å²) in [6.45, 7) is 1.57. The molecule has 0 saturated heterocycles. The summed E-state index contributed by atoms with van der Waals surface area (Å²) in [5.41, 5.74) is -0.262. The number of hydrogen-bond donors (Lipinski definition) is 1. The molecule has 1 N–H and O–H groups in total. The molecular formula is C8H10NNaO4. The summed E-state index contributed by atoms with van der Waals surface area (Å²) in [4.78, 5) is 9.44. The van der Waals surface area contributed by atoms with Crippen LogP contribution in [0.4, 0.5) is 5.69 Å². The molecule has 0 unspecified atom stereocenters. The van der Waals surface area contributed by atoms with Gasteiger partial charge < -0.3 is 10.2 Å². The zero-order valence-corrected chi connectivity index (χ0v) is 10.1. The molecule has 0 aliphatic heterocycles. The molecular weight excluding hydrogens is 197 g/mol. The van der Waals surface area contributed by atoms with Crippen molar-refractivity contribution in [2.24, 2.45) is 0 Å². The molecule has 0 radical (unpaired) electrons. The molecule has 1 aromatic carbocycles. The minimum Gasteiger partial charge on any atom is -0.855 e. The topological polar surface area (TPSA) is 86.4 Å². The van der Waals surface area contributed by atoms with Gasteiger partial charge in [-0.1, -0.05) is 19.1 Å². The van der Waals surface area contributed by atoms with E-state index in [2.05, 4.69) is 0 Å². The summed E-state index contributed by atoms with van der Waals surface area (Å²) in [7, 11) is 0. The number of aromatic hydroxyl groups is 1. The summed E-state index contributed by atoms with van der Waals surface area (Å²) in [5, 5.41) is 27.8. The number of rotatable bonds is 1. The van der Waals surface area contributed by atoms with Crippen LogP contribution in [0.5, 0.6) is 5.75 Å². The molecule has 0 heterocycles. The van der Waals surface area contributed by atoms with Gasteiger partial charge in [0.15, 0.2) is 5.75 Å². The van der Waals surface area contributed by atoms with E-state index in [4.69, 9.17) is 10.2 Å². The SMILES string of the molecule is CC[O-].O=[N+]([O-])c1ccccc1O.[Na+]. The number of phenols is 1. The third kappa shape index (κ3) is 5.93. The maximum absolute atomic E-state index is 10.1. The predicted octanol–water partition coefficient (Wildman–Crippen LogP) is -2.33. The fraction of sp³-hybridized carbons (Fsp3) is 0.250. The van der Waals surface area contributed by atoms with Crippen molar-refractivity contribution < 1.29 is 44.7 Å². The number of para-hydroxylation sites is 2. The van der Waals surface area contributed by atoms with Crippen molar-refractivity contribution in [1.29, 1.82) is 0 Å². The molecule has 0 fully saturated rings. The fourth-order valence-corrected chi connectivity index (χ4v) is 0.619. The standard InChI is InChI=1S/C6H5NO3.C2H5O.Na/c8-6-4-2-1-3-5(6)7(9)10;1-2-3;/h1-4,8H;2H2,1H3;/q;-1;+1. The minimum absolute atomic E-state index is 0. The maximum Gasteiger partial charge on any atom is 1.00 e. The number of nitro groups is 1. The Bertz CT molecular complexity index is 280. The Morgan fingerprint density at radius 2 is 1.86 bits per heavy atom. The second-order valence-corrected chi connectivity index (χ2v) is 2.03. The summed E-state index contributed by atoms with van der Waals surface area (Å²) >= 11 is 0. The number of hydrogen-bond acceptors (Lipinski definition) is 4. The molecule has 0 amide bonds. The molecule has 72 valence electrons. The average molecular weight is 207 g/mol. The monoisotopic (exact) mass is 207 g/mol. The van der Waals surface area contributed by atoms with Gasteiger partial charge in [0, 0.05) is 6.07 Å². The second kappa shape index (κ2) is 8.96. The van der Waals surface area contributed by atoms with Crippen molar-refractivity contribution in [1.82, 2.24) is 0 Å². The Kier molecular flexibility index (Phi) is 10.1. The summed E-state index contributed by atoms with van der Waals surface area (Å²) in [6.07, 6.45) is 0. The quantitative estimate of drug-likeness (QED) is 0.318. The van der Waals surface area contributed by atoms with E-state index in [0.29, 0.717) is 0 Å². The van der Waals surface area contributed by atoms with Crippen LogP contribution in [0.25, 0.3) is 0 Å². The van der Waals surface area contributed by atoms with Gasteiger partial charge in [-0.15, -0.1) is 6.61 Å². The summed E-state index contributed by atoms with van der Waals surface area (Å²) < 4.78 is 0. The zero-order valence-electron chi connectivity index (χ0n) is 8.14. The fourth-order valence-electron chi connectivity index (χ4n) is 0.619. The van der Waals surface area contributed by atoms with Crippen LogP contribution in [0.3, 0.4) is 0 Å². The van der Waals surface area contributed by atoms with Crippen LogP contribution in [0.15, 0.2) is 24.3 Å². The van der Waals surface area contributed by atoms with Crippen LogP contribution >= 0.6 is 0 Å². The van der Waals surface area contributed by atoms with E-state index in [9.17, 15) is 10.1 Å². The molecule has 0 saturated carbocycles.